The summed E-state index contributed by atoms with van der Waals surface area (Å²) in [5.74, 6) is 0.991. The third-order valence-corrected chi connectivity index (χ3v) is 1.55. The number of hydrogen-bond acceptors (Lipinski definition) is 5. The summed E-state index contributed by atoms with van der Waals surface area (Å²) in [7, 11) is 0. The van der Waals surface area contributed by atoms with Gasteiger partial charge in [-0.1, -0.05) is 24.3 Å². The Morgan fingerprint density at radius 1 is 1.06 bits per heavy atom. The maximum absolute atomic E-state index is 7.38. The molecule has 87 valence electrons. The summed E-state index contributed by atoms with van der Waals surface area (Å²) in [6, 6.07) is 8.03. The fourth-order valence-electron chi connectivity index (χ4n) is 1.06. The van der Waals surface area contributed by atoms with E-state index in [1.807, 2.05) is 30.3 Å². The molecule has 0 amide bonds. The predicted molar refractivity (Wildman–Crippen MR) is 49.8 cm³/mol. The van der Waals surface area contributed by atoms with Crippen molar-refractivity contribution >= 4 is 6.08 Å². The SMILES string of the molecule is C1=Cc2ccccc2OC1.[Nb].[OH][Ti]([OH])([OH])[OH]. The summed E-state index contributed by atoms with van der Waals surface area (Å²) in [4.78, 5) is 0. The first-order valence-electron chi connectivity index (χ1n) is 4.24. The van der Waals surface area contributed by atoms with Gasteiger partial charge in [0.15, 0.2) is 0 Å². The van der Waals surface area contributed by atoms with Gasteiger partial charge in [-0.25, -0.2) is 0 Å². The van der Waals surface area contributed by atoms with Crippen molar-refractivity contribution in [2.24, 2.45) is 0 Å². The summed E-state index contributed by atoms with van der Waals surface area (Å²) in [6.45, 7) is 0.705. The first-order valence-corrected chi connectivity index (χ1v) is 7.04. The van der Waals surface area contributed by atoms with Gasteiger partial charge in [-0.2, -0.15) is 0 Å². The van der Waals surface area contributed by atoms with Gasteiger partial charge < -0.3 is 4.74 Å². The Kier molecular flexibility index (Phi) is 7.42. The Balaban J connectivity index is 0.000000330. The quantitative estimate of drug-likeness (QED) is 0.494. The van der Waals surface area contributed by atoms with E-state index >= 15 is 0 Å². The monoisotopic (exact) mass is 341 g/mol. The van der Waals surface area contributed by atoms with E-state index < -0.39 is 18.1 Å². The van der Waals surface area contributed by atoms with Crippen LogP contribution in [0.5, 0.6) is 5.75 Å². The molecule has 1 aromatic carbocycles. The Hall–Kier alpha value is 0.0545. The van der Waals surface area contributed by atoms with E-state index in [2.05, 4.69) is 6.08 Å². The number of benzene rings is 1. The Morgan fingerprint density at radius 3 is 2.19 bits per heavy atom. The Bertz CT molecular complexity index is 344. The van der Waals surface area contributed by atoms with E-state index in [4.69, 9.17) is 19.5 Å². The molecule has 16 heavy (non-hydrogen) atoms. The molecule has 0 spiro atoms. The number of fused-ring (bicyclic) bond motifs is 1. The van der Waals surface area contributed by atoms with Crippen LogP contribution in [-0.4, -0.2) is 21.4 Å². The van der Waals surface area contributed by atoms with Gasteiger partial charge in [0.05, 0.1) is 0 Å². The zero-order chi connectivity index (χ0) is 11.3. The molecular formula is C9H12NbO5Ti. The molecule has 1 aromatic rings. The molecule has 0 saturated carbocycles. The van der Waals surface area contributed by atoms with Crippen molar-refractivity contribution < 1.29 is 60.0 Å². The second-order valence-corrected chi connectivity index (χ2v) is 4.73. The number of hydrogen-bond donors (Lipinski definition) is 4. The average molecular weight is 341 g/mol. The number of para-hydroxylation sites is 1. The van der Waals surface area contributed by atoms with Crippen molar-refractivity contribution in [2.45, 2.75) is 0 Å². The van der Waals surface area contributed by atoms with Crippen molar-refractivity contribution in [3.63, 3.8) is 0 Å². The van der Waals surface area contributed by atoms with E-state index in [0.29, 0.717) is 6.61 Å². The van der Waals surface area contributed by atoms with Crippen LogP contribution in [0.3, 0.4) is 0 Å². The van der Waals surface area contributed by atoms with Crippen LogP contribution in [-0.2, 0) is 40.5 Å². The van der Waals surface area contributed by atoms with Crippen LogP contribution < -0.4 is 4.74 Å². The van der Waals surface area contributed by atoms with E-state index in [-0.39, 0.29) is 22.4 Å². The molecule has 0 aliphatic carbocycles. The summed E-state index contributed by atoms with van der Waals surface area (Å²) in [5.41, 5.74) is 1.17. The molecule has 7 heteroatoms. The zero-order valence-electron chi connectivity index (χ0n) is 8.32. The van der Waals surface area contributed by atoms with Gasteiger partial charge in [-0.05, 0) is 12.1 Å². The summed E-state index contributed by atoms with van der Waals surface area (Å²) < 4.78 is 34.8. The third kappa shape index (κ3) is 7.35. The number of ether oxygens (including phenoxy) is 1. The second-order valence-electron chi connectivity index (χ2n) is 2.85. The molecule has 1 aliphatic rings. The molecule has 0 aromatic heterocycles. The first-order chi connectivity index (χ1) is 6.97. The van der Waals surface area contributed by atoms with E-state index in [9.17, 15) is 0 Å². The molecule has 0 atom stereocenters. The molecule has 1 aliphatic heterocycles. The van der Waals surface area contributed by atoms with Gasteiger partial charge >= 0.3 is 32.9 Å². The minimum atomic E-state index is -5.00. The van der Waals surface area contributed by atoms with Gasteiger partial charge in [-0.15, -0.1) is 0 Å². The fraction of sp³-hybridized carbons (Fsp3) is 0.111. The van der Waals surface area contributed by atoms with Gasteiger partial charge in [0.2, 0.25) is 0 Å². The maximum atomic E-state index is 7.38. The molecule has 0 bridgehead atoms. The number of rotatable bonds is 0. The van der Waals surface area contributed by atoms with Crippen LogP contribution in [0, 0.1) is 0 Å². The molecule has 1 radical (unpaired) electrons. The predicted octanol–water partition coefficient (Wildman–Crippen LogP) is -0.141. The van der Waals surface area contributed by atoms with Crippen molar-refractivity contribution in [1.82, 2.24) is 0 Å². The molecule has 0 saturated heterocycles. The summed E-state index contributed by atoms with van der Waals surface area (Å²) in [5, 5.41) is 0. The topological polar surface area (TPSA) is 90.2 Å². The van der Waals surface area contributed by atoms with E-state index in [0.717, 1.165) is 5.75 Å². The van der Waals surface area contributed by atoms with E-state index in [1.54, 1.807) is 0 Å². The second kappa shape index (κ2) is 7.39. The third-order valence-electron chi connectivity index (χ3n) is 1.55. The average Bonchev–Trinajstić information content (AvgIpc) is 2.16. The van der Waals surface area contributed by atoms with Crippen molar-refractivity contribution in [3.8, 4) is 5.75 Å². The summed E-state index contributed by atoms with van der Waals surface area (Å²) in [6.07, 6.45) is 4.10. The van der Waals surface area contributed by atoms with Crippen LogP contribution in [0.25, 0.3) is 6.08 Å². The van der Waals surface area contributed by atoms with E-state index in [1.165, 1.54) is 5.56 Å². The Morgan fingerprint density at radius 2 is 1.62 bits per heavy atom. The van der Waals surface area contributed by atoms with Crippen molar-refractivity contribution in [1.29, 1.82) is 0 Å². The molecule has 2 rings (SSSR count). The molecular weight excluding hydrogens is 329 g/mol. The van der Waals surface area contributed by atoms with Gasteiger partial charge in [0.25, 0.3) is 0 Å². The minimum absolute atomic E-state index is 0. The standard InChI is InChI=1S/C9H8O.Nb.4H2O.Ti/c1-2-6-9-8(4-1)5-3-7-10-9;;;;;;/h1-6H,7H2;;4*1H2;/q;;;;;;+4/p-4. The van der Waals surface area contributed by atoms with Gasteiger partial charge in [-0.3, -0.25) is 0 Å². The van der Waals surface area contributed by atoms with Crippen LogP contribution in [0.15, 0.2) is 30.3 Å². The first kappa shape index (κ1) is 16.1. The van der Waals surface area contributed by atoms with Crippen molar-refractivity contribution in [2.75, 3.05) is 6.61 Å². The van der Waals surface area contributed by atoms with Crippen LogP contribution >= 0.6 is 0 Å². The van der Waals surface area contributed by atoms with Crippen molar-refractivity contribution in [3.05, 3.63) is 35.9 Å². The van der Waals surface area contributed by atoms with Gasteiger partial charge in [0.1, 0.15) is 12.4 Å². The normalized spacial score (nSPS) is 12.5. The van der Waals surface area contributed by atoms with Crippen LogP contribution in [0.4, 0.5) is 0 Å². The summed E-state index contributed by atoms with van der Waals surface area (Å²) >= 11 is -5.00. The molecule has 1 heterocycles. The molecule has 0 fully saturated rings. The van der Waals surface area contributed by atoms with Crippen LogP contribution in [0.2, 0.25) is 0 Å². The molecule has 5 nitrogen and oxygen atoms in total. The molecule has 4 N–H and O–H groups in total. The van der Waals surface area contributed by atoms with Gasteiger partial charge in [0, 0.05) is 27.9 Å². The zero-order valence-corrected chi connectivity index (χ0v) is 12.1. The van der Waals surface area contributed by atoms with Crippen LogP contribution in [0.1, 0.15) is 5.56 Å². The fourth-order valence-corrected chi connectivity index (χ4v) is 1.06. The molecule has 0 unspecified atom stereocenters. The Labute approximate surface area is 114 Å².